The van der Waals surface area contributed by atoms with Crippen LogP contribution in [0.25, 0.3) is 16.0 Å². The summed E-state index contributed by atoms with van der Waals surface area (Å²) in [5.41, 5.74) is 1.32. The van der Waals surface area contributed by atoms with Gasteiger partial charge in [0.2, 0.25) is 0 Å². The first-order chi connectivity index (χ1) is 17.4. The molecule has 1 aliphatic heterocycles. The minimum atomic E-state index is -1.00. The number of carbonyl (C=O) groups excluding carboxylic acids is 2. The highest BCUT2D eigenvalue weighted by molar-refractivity contribution is 7.22. The maximum atomic E-state index is 13.7. The summed E-state index contributed by atoms with van der Waals surface area (Å²) in [5.74, 6) is -1.25. The number of aliphatic hydroxyl groups is 1. The Balaban J connectivity index is 1.67. The fraction of sp³-hybridized carbons (Fsp3) is 0.148. The van der Waals surface area contributed by atoms with Crippen LogP contribution in [0.15, 0.2) is 72.3 Å². The summed E-state index contributed by atoms with van der Waals surface area (Å²) in [4.78, 5) is 32.5. The lowest BCUT2D eigenvalue weighted by atomic mass is 9.95. The van der Waals surface area contributed by atoms with E-state index in [2.05, 4.69) is 4.98 Å². The number of aliphatic hydroxyl groups excluding tert-OH is 1. The number of carbonyl (C=O) groups is 2. The number of rotatable bonds is 6. The van der Waals surface area contributed by atoms with E-state index in [1.165, 1.54) is 47.6 Å². The average Bonchev–Trinajstić information content (AvgIpc) is 3.42. The van der Waals surface area contributed by atoms with Crippen LogP contribution in [0, 0.1) is 5.82 Å². The quantitative estimate of drug-likeness (QED) is 0.213. The third kappa shape index (κ3) is 4.07. The van der Waals surface area contributed by atoms with Crippen molar-refractivity contribution in [2.75, 3.05) is 18.6 Å². The van der Waals surface area contributed by atoms with Gasteiger partial charge in [-0.2, -0.15) is 0 Å². The third-order valence-corrected chi connectivity index (χ3v) is 6.88. The number of fused-ring (bicyclic) bond motifs is 1. The fourth-order valence-corrected chi connectivity index (χ4v) is 5.17. The summed E-state index contributed by atoms with van der Waals surface area (Å²) in [5, 5.41) is 11.5. The van der Waals surface area contributed by atoms with Crippen molar-refractivity contribution in [3.63, 3.8) is 0 Å². The Morgan fingerprint density at radius 3 is 2.42 bits per heavy atom. The van der Waals surface area contributed by atoms with Crippen LogP contribution >= 0.6 is 11.3 Å². The lowest BCUT2D eigenvalue weighted by Gasteiger charge is -2.23. The maximum absolute atomic E-state index is 13.7. The topological polar surface area (TPSA) is 89.0 Å². The Hall–Kier alpha value is -4.24. The van der Waals surface area contributed by atoms with Gasteiger partial charge in [-0.3, -0.25) is 14.5 Å². The number of halogens is 1. The second kappa shape index (κ2) is 9.43. The third-order valence-electron chi connectivity index (χ3n) is 5.86. The largest absolute Gasteiger partial charge is 0.507 e. The van der Waals surface area contributed by atoms with Gasteiger partial charge in [0.25, 0.3) is 5.78 Å². The molecule has 7 nitrogen and oxygen atoms in total. The van der Waals surface area contributed by atoms with Gasteiger partial charge in [-0.05, 0) is 67.1 Å². The molecular weight excluding hydrogens is 483 g/mol. The highest BCUT2D eigenvalue weighted by Gasteiger charge is 2.48. The van der Waals surface area contributed by atoms with E-state index in [1.54, 1.807) is 36.4 Å². The van der Waals surface area contributed by atoms with Crippen molar-refractivity contribution in [3.8, 4) is 11.5 Å². The Kier molecular flexibility index (Phi) is 6.15. The Morgan fingerprint density at radius 1 is 1.06 bits per heavy atom. The molecule has 1 aliphatic rings. The number of ketones is 1. The monoisotopic (exact) mass is 504 g/mol. The van der Waals surface area contributed by atoms with Crippen LogP contribution in [0.2, 0.25) is 0 Å². The smallest absolute Gasteiger partial charge is 0.301 e. The van der Waals surface area contributed by atoms with Gasteiger partial charge < -0.3 is 14.6 Å². The van der Waals surface area contributed by atoms with Gasteiger partial charge in [0, 0.05) is 5.56 Å². The molecule has 0 radical (unpaired) electrons. The zero-order chi connectivity index (χ0) is 25.4. The molecule has 9 heteroatoms. The number of amides is 1. The molecule has 0 spiro atoms. The number of ether oxygens (including phenoxy) is 2. The van der Waals surface area contributed by atoms with Gasteiger partial charge in [0.05, 0.1) is 35.5 Å². The fourth-order valence-electron chi connectivity index (χ4n) is 4.15. The summed E-state index contributed by atoms with van der Waals surface area (Å²) in [6, 6.07) is 16.3. The van der Waals surface area contributed by atoms with Gasteiger partial charge in [0.15, 0.2) is 5.13 Å². The van der Waals surface area contributed by atoms with E-state index in [1.807, 2.05) is 13.0 Å². The van der Waals surface area contributed by atoms with Crippen molar-refractivity contribution in [3.05, 3.63) is 89.2 Å². The molecule has 1 aromatic heterocycles. The molecule has 4 aromatic rings. The van der Waals surface area contributed by atoms with Crippen molar-refractivity contribution in [1.82, 2.24) is 4.98 Å². The normalized spacial score (nSPS) is 17.1. The Labute approximate surface area is 210 Å². The second-order valence-electron chi connectivity index (χ2n) is 8.01. The molecule has 1 unspecified atom stereocenters. The van der Waals surface area contributed by atoms with Gasteiger partial charge >= 0.3 is 5.91 Å². The number of benzene rings is 3. The standard InChI is InChI=1S/C27H21FN2O5S/c1-3-35-19-12-13-20-21(14-19)36-27(29-20)30-23(15-4-8-17(28)9-5-15)22(25(32)26(30)33)24(31)16-6-10-18(34-2)11-7-16/h4-14,23,31H,3H2,1-2H3/b24-22+. The Bertz CT molecular complexity index is 1500. The minimum absolute atomic E-state index is 0.106. The SMILES string of the molecule is CCOc1ccc2nc(N3C(=O)C(=O)/C(=C(/O)c4ccc(OC)cc4)C3c3ccc(F)cc3)sc2c1. The molecule has 1 amide bonds. The van der Waals surface area contributed by atoms with Crippen molar-refractivity contribution in [1.29, 1.82) is 0 Å². The Morgan fingerprint density at radius 2 is 1.75 bits per heavy atom. The molecular formula is C27H21FN2O5S. The molecule has 1 atom stereocenters. The van der Waals surface area contributed by atoms with Crippen LogP contribution < -0.4 is 14.4 Å². The van der Waals surface area contributed by atoms with Crippen LogP contribution in [0.4, 0.5) is 9.52 Å². The summed E-state index contributed by atoms with van der Waals surface area (Å²) in [7, 11) is 1.52. The van der Waals surface area contributed by atoms with Crippen molar-refractivity contribution < 1.29 is 28.6 Å². The van der Waals surface area contributed by atoms with Crippen molar-refractivity contribution in [2.24, 2.45) is 0 Å². The van der Waals surface area contributed by atoms with Crippen LogP contribution in [0.3, 0.4) is 0 Å². The van der Waals surface area contributed by atoms with E-state index in [9.17, 15) is 19.1 Å². The van der Waals surface area contributed by atoms with E-state index >= 15 is 0 Å². The van der Waals surface area contributed by atoms with Gasteiger partial charge in [-0.15, -0.1) is 0 Å². The predicted molar refractivity (Wildman–Crippen MR) is 135 cm³/mol. The summed E-state index contributed by atoms with van der Waals surface area (Å²) < 4.78 is 25.2. The van der Waals surface area contributed by atoms with E-state index < -0.39 is 23.5 Å². The molecule has 0 saturated carbocycles. The number of hydrogen-bond donors (Lipinski definition) is 1. The van der Waals surface area contributed by atoms with Crippen LogP contribution in [0.5, 0.6) is 11.5 Å². The average molecular weight is 505 g/mol. The number of thiazole rings is 1. The van der Waals surface area contributed by atoms with Gasteiger partial charge in [-0.25, -0.2) is 9.37 Å². The number of anilines is 1. The van der Waals surface area contributed by atoms with E-state index in [0.717, 1.165) is 4.70 Å². The van der Waals surface area contributed by atoms with E-state index in [-0.39, 0.29) is 16.5 Å². The molecule has 1 saturated heterocycles. The molecule has 3 aromatic carbocycles. The molecule has 1 N–H and O–H groups in total. The van der Waals surface area contributed by atoms with E-state index in [0.29, 0.717) is 34.7 Å². The first-order valence-corrected chi connectivity index (χ1v) is 12.0. The first-order valence-electron chi connectivity index (χ1n) is 11.2. The number of nitrogens with zero attached hydrogens (tertiary/aromatic N) is 2. The molecule has 5 rings (SSSR count). The number of Topliss-reactive ketones (excluding diaryl/α,β-unsaturated/α-hetero) is 1. The summed E-state index contributed by atoms with van der Waals surface area (Å²) in [6.07, 6.45) is 0. The van der Waals surface area contributed by atoms with E-state index in [4.69, 9.17) is 9.47 Å². The molecule has 2 heterocycles. The van der Waals surface area contributed by atoms with Crippen LogP contribution in [-0.4, -0.2) is 35.5 Å². The zero-order valence-corrected chi connectivity index (χ0v) is 20.2. The first kappa shape index (κ1) is 23.5. The number of methoxy groups -OCH3 is 1. The zero-order valence-electron chi connectivity index (χ0n) is 19.4. The van der Waals surface area contributed by atoms with Crippen molar-refractivity contribution in [2.45, 2.75) is 13.0 Å². The minimum Gasteiger partial charge on any atom is -0.507 e. The number of aromatic nitrogens is 1. The summed E-state index contributed by atoms with van der Waals surface area (Å²) in [6.45, 7) is 2.38. The molecule has 0 bridgehead atoms. The second-order valence-corrected chi connectivity index (χ2v) is 9.02. The lowest BCUT2D eigenvalue weighted by Crippen LogP contribution is -2.29. The van der Waals surface area contributed by atoms with Crippen LogP contribution in [0.1, 0.15) is 24.1 Å². The van der Waals surface area contributed by atoms with Gasteiger partial charge in [0.1, 0.15) is 23.1 Å². The summed E-state index contributed by atoms with van der Waals surface area (Å²) >= 11 is 1.22. The molecule has 36 heavy (non-hydrogen) atoms. The highest BCUT2D eigenvalue weighted by atomic mass is 32.1. The molecule has 182 valence electrons. The highest BCUT2D eigenvalue weighted by Crippen LogP contribution is 2.44. The number of hydrogen-bond acceptors (Lipinski definition) is 7. The van der Waals surface area contributed by atoms with Gasteiger partial charge in [-0.1, -0.05) is 23.5 Å². The maximum Gasteiger partial charge on any atom is 0.301 e. The van der Waals surface area contributed by atoms with Crippen molar-refractivity contribution >= 4 is 44.1 Å². The molecule has 1 fully saturated rings. The molecule has 0 aliphatic carbocycles. The lowest BCUT2D eigenvalue weighted by molar-refractivity contribution is -0.132. The predicted octanol–water partition coefficient (Wildman–Crippen LogP) is 5.47. The van der Waals surface area contributed by atoms with Crippen LogP contribution in [-0.2, 0) is 9.59 Å².